The Morgan fingerprint density at radius 2 is 2.36 bits per heavy atom. The Morgan fingerprint density at radius 3 is 3.18 bits per heavy atom. The first-order valence-electron chi connectivity index (χ1n) is 4.14. The van der Waals surface area contributed by atoms with Gasteiger partial charge in [-0.15, -0.1) is 0 Å². The summed E-state index contributed by atoms with van der Waals surface area (Å²) < 4.78 is 0. The molecule has 0 unspecified atom stereocenters. The minimum absolute atomic E-state index is 0.462. The van der Waals surface area contributed by atoms with Crippen molar-refractivity contribution < 1.29 is 0 Å². The van der Waals surface area contributed by atoms with Crippen molar-refractivity contribution in [2.24, 2.45) is 0 Å². The van der Waals surface area contributed by atoms with Gasteiger partial charge >= 0.3 is 0 Å². The second-order valence-corrected chi connectivity index (χ2v) is 3.61. The summed E-state index contributed by atoms with van der Waals surface area (Å²) in [6.45, 7) is 2.09. The lowest BCUT2D eigenvalue weighted by Gasteiger charge is -2.21. The zero-order valence-electron chi connectivity index (χ0n) is 6.35. The molecular weight excluding hydrogens is 138 g/mol. The molecule has 3 nitrogen and oxygen atoms in total. The molecule has 0 aromatic carbocycles. The summed E-state index contributed by atoms with van der Waals surface area (Å²) in [4.78, 5) is 7.53. The molecule has 1 aromatic heterocycles. The third-order valence-corrected chi connectivity index (χ3v) is 2.86. The second kappa shape index (κ2) is 1.67. The van der Waals surface area contributed by atoms with E-state index in [0.29, 0.717) is 5.41 Å². The molecule has 1 spiro atoms. The van der Waals surface area contributed by atoms with E-state index in [4.69, 9.17) is 0 Å². The van der Waals surface area contributed by atoms with Gasteiger partial charge in [-0.1, -0.05) is 0 Å². The molecule has 0 atom stereocenters. The number of fused-ring (bicyclic) bond motifs is 2. The van der Waals surface area contributed by atoms with Gasteiger partial charge in [-0.2, -0.15) is 0 Å². The summed E-state index contributed by atoms with van der Waals surface area (Å²) in [6, 6.07) is 0. The lowest BCUT2D eigenvalue weighted by atomic mass is 9.97. The van der Waals surface area contributed by atoms with Gasteiger partial charge in [0.25, 0.3) is 0 Å². The molecule has 3 heteroatoms. The van der Waals surface area contributed by atoms with E-state index in [2.05, 4.69) is 15.3 Å². The molecule has 1 fully saturated rings. The van der Waals surface area contributed by atoms with Gasteiger partial charge in [0.1, 0.15) is 0 Å². The fourth-order valence-electron chi connectivity index (χ4n) is 2.00. The van der Waals surface area contributed by atoms with Crippen molar-refractivity contribution in [3.63, 3.8) is 0 Å². The minimum atomic E-state index is 0.462. The topological polar surface area (TPSA) is 40.7 Å². The van der Waals surface area contributed by atoms with Crippen molar-refractivity contribution in [2.45, 2.75) is 24.8 Å². The molecule has 1 aromatic rings. The van der Waals surface area contributed by atoms with Crippen molar-refractivity contribution in [1.29, 1.82) is 0 Å². The van der Waals surface area contributed by atoms with Crippen LogP contribution in [0, 0.1) is 0 Å². The Kier molecular flexibility index (Phi) is 0.874. The highest BCUT2D eigenvalue weighted by Crippen LogP contribution is 2.49. The van der Waals surface area contributed by atoms with Gasteiger partial charge in [-0.25, -0.2) is 4.98 Å². The van der Waals surface area contributed by atoms with Crippen LogP contribution in [0.4, 0.5) is 0 Å². The molecular formula is C8H11N3. The average molecular weight is 149 g/mol. The lowest BCUT2D eigenvalue weighted by molar-refractivity contribution is 0.516. The molecule has 1 aliphatic heterocycles. The first-order chi connectivity index (χ1) is 5.41. The molecule has 0 saturated heterocycles. The molecule has 0 bridgehead atoms. The molecule has 1 saturated carbocycles. The number of hydrogen-bond donors (Lipinski definition) is 2. The summed E-state index contributed by atoms with van der Waals surface area (Å²) in [7, 11) is 0. The van der Waals surface area contributed by atoms with Crippen LogP contribution < -0.4 is 5.32 Å². The number of nitrogens with one attached hydrogen (secondary N) is 2. The maximum Gasteiger partial charge on any atom is 0.0925 e. The summed E-state index contributed by atoms with van der Waals surface area (Å²) in [5, 5.41) is 3.40. The Labute approximate surface area is 65.2 Å². The smallest absolute Gasteiger partial charge is 0.0925 e. The van der Waals surface area contributed by atoms with Crippen LogP contribution in [0.15, 0.2) is 6.33 Å². The van der Waals surface area contributed by atoms with Crippen LogP contribution in [0.1, 0.15) is 24.2 Å². The first-order valence-corrected chi connectivity index (χ1v) is 4.14. The highest BCUT2D eigenvalue weighted by Gasteiger charge is 2.48. The van der Waals surface area contributed by atoms with Crippen LogP contribution in [-0.2, 0) is 12.0 Å². The zero-order chi connectivity index (χ0) is 7.31. The first kappa shape index (κ1) is 5.77. The molecule has 2 N–H and O–H groups in total. The van der Waals surface area contributed by atoms with E-state index < -0.39 is 0 Å². The van der Waals surface area contributed by atoms with Gasteiger partial charge < -0.3 is 10.3 Å². The summed E-state index contributed by atoms with van der Waals surface area (Å²) in [5.74, 6) is 0. The van der Waals surface area contributed by atoms with E-state index in [1.807, 2.05) is 6.33 Å². The Balaban J connectivity index is 2.16. The van der Waals surface area contributed by atoms with E-state index >= 15 is 0 Å². The molecule has 11 heavy (non-hydrogen) atoms. The van der Waals surface area contributed by atoms with Crippen LogP contribution in [-0.4, -0.2) is 16.5 Å². The van der Waals surface area contributed by atoms with Gasteiger partial charge in [-0.3, -0.25) is 0 Å². The summed E-state index contributed by atoms with van der Waals surface area (Å²) >= 11 is 0. The Hall–Kier alpha value is -0.830. The van der Waals surface area contributed by atoms with Gasteiger partial charge in [-0.05, 0) is 12.8 Å². The number of aromatic amines is 1. The number of rotatable bonds is 0. The molecule has 0 radical (unpaired) electrons. The van der Waals surface area contributed by atoms with Gasteiger partial charge in [0.15, 0.2) is 0 Å². The normalized spacial score (nSPS) is 25.1. The Morgan fingerprint density at radius 1 is 1.45 bits per heavy atom. The summed E-state index contributed by atoms with van der Waals surface area (Å²) in [6.07, 6.45) is 4.47. The van der Waals surface area contributed by atoms with Crippen LogP contribution in [0.2, 0.25) is 0 Å². The highest BCUT2D eigenvalue weighted by molar-refractivity contribution is 5.31. The van der Waals surface area contributed by atoms with Crippen LogP contribution in [0.5, 0.6) is 0 Å². The van der Waals surface area contributed by atoms with Crippen molar-refractivity contribution in [3.8, 4) is 0 Å². The lowest BCUT2D eigenvalue weighted by Crippen LogP contribution is -2.33. The average Bonchev–Trinajstić information content (AvgIpc) is 2.63. The fourth-order valence-corrected chi connectivity index (χ4v) is 2.00. The largest absolute Gasteiger partial charge is 0.348 e. The fraction of sp³-hybridized carbons (Fsp3) is 0.625. The van der Waals surface area contributed by atoms with Crippen LogP contribution >= 0.6 is 0 Å². The van der Waals surface area contributed by atoms with Crippen LogP contribution in [0.3, 0.4) is 0 Å². The van der Waals surface area contributed by atoms with Crippen molar-refractivity contribution in [2.75, 3.05) is 6.54 Å². The maximum absolute atomic E-state index is 4.27. The molecule has 1 aliphatic carbocycles. The molecule has 2 aliphatic rings. The van der Waals surface area contributed by atoms with Gasteiger partial charge in [0.05, 0.1) is 12.0 Å². The number of aromatic nitrogens is 2. The number of H-pyrrole nitrogens is 1. The monoisotopic (exact) mass is 149 g/mol. The maximum atomic E-state index is 4.27. The number of nitrogens with zero attached hydrogens (tertiary/aromatic N) is 1. The Bertz CT molecular complexity index is 285. The van der Waals surface area contributed by atoms with Crippen molar-refractivity contribution in [3.05, 3.63) is 17.7 Å². The predicted molar refractivity (Wildman–Crippen MR) is 41.2 cm³/mol. The van der Waals surface area contributed by atoms with Gasteiger partial charge in [0, 0.05) is 24.2 Å². The number of hydrogen-bond acceptors (Lipinski definition) is 2. The molecule has 58 valence electrons. The van der Waals surface area contributed by atoms with E-state index in [9.17, 15) is 0 Å². The van der Waals surface area contributed by atoms with Crippen molar-refractivity contribution in [1.82, 2.24) is 15.3 Å². The molecule has 0 amide bonds. The standard InChI is InChI=1S/C8H11N3/c1-2-8(1)4-9-3-6-7(8)11-5-10-6/h5,9H,1-4H2,(H,10,11). The van der Waals surface area contributed by atoms with Crippen LogP contribution in [0.25, 0.3) is 0 Å². The van der Waals surface area contributed by atoms with E-state index in [1.54, 1.807) is 0 Å². The van der Waals surface area contributed by atoms with E-state index in [1.165, 1.54) is 24.2 Å². The van der Waals surface area contributed by atoms with Crippen molar-refractivity contribution >= 4 is 0 Å². The second-order valence-electron chi connectivity index (χ2n) is 3.61. The number of imidazole rings is 1. The third kappa shape index (κ3) is 0.639. The predicted octanol–water partition coefficient (Wildman–Crippen LogP) is 0.544. The SMILES string of the molecule is c1nc2c([nH]1)C1(CC1)CNC2. The molecule has 3 rings (SSSR count). The minimum Gasteiger partial charge on any atom is -0.348 e. The van der Waals surface area contributed by atoms with Gasteiger partial charge in [0.2, 0.25) is 0 Å². The third-order valence-electron chi connectivity index (χ3n) is 2.86. The molecule has 2 heterocycles. The summed E-state index contributed by atoms with van der Waals surface area (Å²) in [5.41, 5.74) is 3.09. The van der Waals surface area contributed by atoms with E-state index in [0.717, 1.165) is 13.1 Å². The highest BCUT2D eigenvalue weighted by atomic mass is 15.0. The zero-order valence-corrected chi connectivity index (χ0v) is 6.35. The van der Waals surface area contributed by atoms with E-state index in [-0.39, 0.29) is 0 Å². The quantitative estimate of drug-likeness (QED) is 0.565.